The Kier molecular flexibility index (Phi) is 5.64. The highest BCUT2D eigenvalue weighted by Crippen LogP contribution is 2.35. The van der Waals surface area contributed by atoms with Crippen LogP contribution in [-0.4, -0.2) is 6.21 Å². The molecule has 3 rings (SSSR count). The molecule has 0 bridgehead atoms. The third-order valence-electron chi connectivity index (χ3n) is 3.39. The quantitative estimate of drug-likeness (QED) is 0.378. The molecule has 0 aliphatic heterocycles. The van der Waals surface area contributed by atoms with E-state index in [4.69, 9.17) is 4.42 Å². The summed E-state index contributed by atoms with van der Waals surface area (Å²) in [5.74, 6) is 0.719. The van der Waals surface area contributed by atoms with Crippen LogP contribution in [0.2, 0.25) is 0 Å². The maximum absolute atomic E-state index is 5.88. The van der Waals surface area contributed by atoms with Crippen LogP contribution in [0.25, 0.3) is 0 Å². The van der Waals surface area contributed by atoms with Crippen molar-refractivity contribution in [2.24, 2.45) is 4.99 Å². The third kappa shape index (κ3) is 4.41. The van der Waals surface area contributed by atoms with Crippen molar-refractivity contribution >= 4 is 55.5 Å². The van der Waals surface area contributed by atoms with Crippen molar-refractivity contribution in [2.75, 3.05) is 0 Å². The number of nitrogens with zero attached hydrogens (tertiary/aromatic N) is 1. The molecule has 1 aromatic heterocycles. The Morgan fingerprint density at radius 3 is 2.42 bits per heavy atom. The zero-order valence-corrected chi connectivity index (χ0v) is 17.2. The molecule has 0 saturated heterocycles. The van der Waals surface area contributed by atoms with Gasteiger partial charge in [0.15, 0.2) is 5.09 Å². The summed E-state index contributed by atoms with van der Waals surface area (Å²) in [6.07, 6.45) is 1.74. The van der Waals surface area contributed by atoms with Gasteiger partial charge in [0.25, 0.3) is 0 Å². The first-order chi connectivity index (χ1) is 11.5. The summed E-state index contributed by atoms with van der Waals surface area (Å²) in [4.78, 5) is 5.62. The fourth-order valence-corrected chi connectivity index (χ4v) is 3.64. The Labute approximate surface area is 162 Å². The van der Waals surface area contributed by atoms with Crippen LogP contribution in [0.1, 0.15) is 16.9 Å². The van der Waals surface area contributed by atoms with Crippen molar-refractivity contribution in [2.45, 2.75) is 23.8 Å². The molecule has 2 aromatic carbocycles. The summed E-state index contributed by atoms with van der Waals surface area (Å²) in [6.45, 7) is 4.12. The lowest BCUT2D eigenvalue weighted by Crippen LogP contribution is -1.77. The summed E-state index contributed by atoms with van der Waals surface area (Å²) >= 11 is 8.64. The molecule has 24 heavy (non-hydrogen) atoms. The highest BCUT2D eigenvalue weighted by molar-refractivity contribution is 9.10. The molecule has 0 saturated carbocycles. The number of furan rings is 1. The maximum Gasteiger partial charge on any atom is 0.179 e. The molecule has 0 aliphatic rings. The van der Waals surface area contributed by atoms with Crippen LogP contribution in [0, 0.1) is 13.8 Å². The lowest BCUT2D eigenvalue weighted by Gasteiger charge is -1.99. The van der Waals surface area contributed by atoms with E-state index < -0.39 is 0 Å². The highest BCUT2D eigenvalue weighted by atomic mass is 79.9. The van der Waals surface area contributed by atoms with Crippen molar-refractivity contribution in [3.63, 3.8) is 0 Å². The van der Waals surface area contributed by atoms with Crippen molar-refractivity contribution in [3.05, 3.63) is 74.4 Å². The van der Waals surface area contributed by atoms with Crippen molar-refractivity contribution in [3.8, 4) is 0 Å². The second-order valence-electron chi connectivity index (χ2n) is 5.39. The van der Waals surface area contributed by atoms with E-state index in [0.29, 0.717) is 0 Å². The first-order valence-electron chi connectivity index (χ1n) is 7.35. The van der Waals surface area contributed by atoms with Gasteiger partial charge < -0.3 is 4.42 Å². The minimum absolute atomic E-state index is 0.719. The summed E-state index contributed by atoms with van der Waals surface area (Å²) in [6, 6.07) is 16.3. The van der Waals surface area contributed by atoms with E-state index in [-0.39, 0.29) is 0 Å². The van der Waals surface area contributed by atoms with Gasteiger partial charge in [-0.1, -0.05) is 45.4 Å². The van der Waals surface area contributed by atoms with Gasteiger partial charge in [-0.3, -0.25) is 4.99 Å². The fraction of sp³-hybridized carbons (Fsp3) is 0.105. The molecule has 0 amide bonds. The van der Waals surface area contributed by atoms with Gasteiger partial charge in [-0.05, 0) is 65.7 Å². The summed E-state index contributed by atoms with van der Waals surface area (Å²) in [5, 5.41) is 0.826. The number of halogens is 2. The van der Waals surface area contributed by atoms with Crippen LogP contribution in [-0.2, 0) is 0 Å². The molecule has 0 aliphatic carbocycles. The Morgan fingerprint density at radius 1 is 0.958 bits per heavy atom. The summed E-state index contributed by atoms with van der Waals surface area (Å²) in [7, 11) is 0. The monoisotopic (exact) mass is 463 g/mol. The highest BCUT2D eigenvalue weighted by Gasteiger charge is 2.09. The lowest BCUT2D eigenvalue weighted by atomic mass is 10.2. The number of hydrogen-bond acceptors (Lipinski definition) is 3. The molecule has 5 heteroatoms. The fourth-order valence-electron chi connectivity index (χ4n) is 2.06. The molecule has 0 radical (unpaired) electrons. The molecular weight excluding hydrogens is 450 g/mol. The van der Waals surface area contributed by atoms with Crippen LogP contribution >= 0.6 is 43.6 Å². The predicted octanol–water partition coefficient (Wildman–Crippen LogP) is 7.32. The Hall–Kier alpha value is -1.30. The molecule has 3 aromatic rings. The SMILES string of the molecule is Cc1ccc(Sc2oc(C=Nc3ccc(Br)c(C)c3)cc2Br)cc1. The van der Waals surface area contributed by atoms with E-state index in [1.165, 1.54) is 5.56 Å². The van der Waals surface area contributed by atoms with Gasteiger partial charge in [-0.2, -0.15) is 0 Å². The first kappa shape index (κ1) is 17.5. The van der Waals surface area contributed by atoms with Gasteiger partial charge in [0.2, 0.25) is 0 Å². The second kappa shape index (κ2) is 7.72. The van der Waals surface area contributed by atoms with Gasteiger partial charge in [0.1, 0.15) is 5.76 Å². The van der Waals surface area contributed by atoms with Gasteiger partial charge in [-0.25, -0.2) is 0 Å². The molecular formula is C19H15Br2NOS. The number of hydrogen-bond donors (Lipinski definition) is 0. The molecule has 2 nitrogen and oxygen atoms in total. The number of aliphatic imine (C=N–C) groups is 1. The molecule has 0 unspecified atom stereocenters. The largest absolute Gasteiger partial charge is 0.447 e. The van der Waals surface area contributed by atoms with E-state index in [9.17, 15) is 0 Å². The standard InChI is InChI=1S/C19H15Br2NOS/c1-12-3-6-16(7-4-12)24-19-18(21)10-15(23-19)11-22-14-5-8-17(20)13(2)9-14/h3-11H,1-2H3. The van der Waals surface area contributed by atoms with Crippen LogP contribution < -0.4 is 0 Å². The number of rotatable bonds is 4. The third-order valence-corrected chi connectivity index (χ3v) is 6.13. The van der Waals surface area contributed by atoms with Gasteiger partial charge >= 0.3 is 0 Å². The van der Waals surface area contributed by atoms with E-state index >= 15 is 0 Å². The number of aryl methyl sites for hydroxylation is 2. The maximum atomic E-state index is 5.88. The van der Waals surface area contributed by atoms with Crippen LogP contribution in [0.5, 0.6) is 0 Å². The first-order valence-corrected chi connectivity index (χ1v) is 9.75. The van der Waals surface area contributed by atoms with Gasteiger partial charge in [0, 0.05) is 15.4 Å². The van der Waals surface area contributed by atoms with Crippen molar-refractivity contribution in [1.82, 2.24) is 0 Å². The van der Waals surface area contributed by atoms with Crippen LogP contribution in [0.4, 0.5) is 5.69 Å². The van der Waals surface area contributed by atoms with Crippen molar-refractivity contribution < 1.29 is 4.42 Å². The normalized spacial score (nSPS) is 11.3. The number of benzene rings is 2. The zero-order valence-electron chi connectivity index (χ0n) is 13.2. The zero-order chi connectivity index (χ0) is 17.1. The van der Waals surface area contributed by atoms with Crippen molar-refractivity contribution in [1.29, 1.82) is 0 Å². The molecule has 1 heterocycles. The van der Waals surface area contributed by atoms with Gasteiger partial charge in [0.05, 0.1) is 16.4 Å². The molecule has 0 spiro atoms. The Balaban J connectivity index is 1.76. The van der Waals surface area contributed by atoms with Gasteiger partial charge in [-0.15, -0.1) is 0 Å². The smallest absolute Gasteiger partial charge is 0.179 e. The van der Waals surface area contributed by atoms with E-state index in [1.807, 2.05) is 31.2 Å². The Bertz CT molecular complexity index is 885. The minimum atomic E-state index is 0.719. The summed E-state index contributed by atoms with van der Waals surface area (Å²) < 4.78 is 7.90. The predicted molar refractivity (Wildman–Crippen MR) is 108 cm³/mol. The average Bonchev–Trinajstić information content (AvgIpc) is 2.91. The van der Waals surface area contributed by atoms with E-state index in [0.717, 1.165) is 35.9 Å². The molecule has 122 valence electrons. The second-order valence-corrected chi connectivity index (χ2v) is 8.15. The molecule has 0 atom stereocenters. The minimum Gasteiger partial charge on any atom is -0.447 e. The van der Waals surface area contributed by atoms with E-state index in [2.05, 4.69) is 68.0 Å². The van der Waals surface area contributed by atoms with Crippen LogP contribution in [0.3, 0.4) is 0 Å². The molecule has 0 N–H and O–H groups in total. The summed E-state index contributed by atoms with van der Waals surface area (Å²) in [5.41, 5.74) is 3.30. The van der Waals surface area contributed by atoms with Crippen LogP contribution in [0.15, 0.2) is 76.9 Å². The lowest BCUT2D eigenvalue weighted by molar-refractivity contribution is 0.466. The van der Waals surface area contributed by atoms with E-state index in [1.54, 1.807) is 18.0 Å². The Morgan fingerprint density at radius 2 is 1.71 bits per heavy atom. The topological polar surface area (TPSA) is 25.5 Å². The average molecular weight is 465 g/mol. The molecule has 0 fully saturated rings.